The summed E-state index contributed by atoms with van der Waals surface area (Å²) in [4.78, 5) is 6.05. The zero-order chi connectivity index (χ0) is 19.0. The number of hydrogen-bond donors (Lipinski definition) is 0. The van der Waals surface area contributed by atoms with Gasteiger partial charge in [0, 0.05) is 27.9 Å². The molecular formula is C19H17BrN2O3S2. The van der Waals surface area contributed by atoms with Crippen molar-refractivity contribution in [3.05, 3.63) is 63.6 Å². The second kappa shape index (κ2) is 7.35. The molecule has 5 nitrogen and oxygen atoms in total. The van der Waals surface area contributed by atoms with E-state index in [-0.39, 0.29) is 0 Å². The minimum Gasteiger partial charge on any atom is -0.497 e. The number of aromatic nitrogens is 1. The van der Waals surface area contributed by atoms with Crippen LogP contribution in [0, 0.1) is 0 Å². The van der Waals surface area contributed by atoms with Crippen LogP contribution < -0.4 is 4.74 Å². The Morgan fingerprint density at radius 3 is 2.48 bits per heavy atom. The van der Waals surface area contributed by atoms with Crippen molar-refractivity contribution in [3.8, 4) is 16.3 Å². The molecule has 0 saturated heterocycles. The number of nitrogens with zero attached hydrogens (tertiary/aromatic N) is 2. The zero-order valence-electron chi connectivity index (χ0n) is 14.6. The summed E-state index contributed by atoms with van der Waals surface area (Å²) in [5.41, 5.74) is 2.01. The summed E-state index contributed by atoms with van der Waals surface area (Å²) in [7, 11) is -1.87. The highest BCUT2D eigenvalue weighted by atomic mass is 79.9. The number of rotatable bonds is 4. The minimum atomic E-state index is -3.51. The minimum absolute atomic E-state index is 0.314. The van der Waals surface area contributed by atoms with Crippen molar-refractivity contribution in [2.45, 2.75) is 17.9 Å². The maximum Gasteiger partial charge on any atom is 0.243 e. The molecule has 0 fully saturated rings. The highest BCUT2D eigenvalue weighted by molar-refractivity contribution is 9.10. The molecule has 2 heterocycles. The Hall–Kier alpha value is -1.74. The smallest absolute Gasteiger partial charge is 0.243 e. The largest absolute Gasteiger partial charge is 0.497 e. The van der Waals surface area contributed by atoms with E-state index in [0.29, 0.717) is 24.4 Å². The van der Waals surface area contributed by atoms with Gasteiger partial charge in [0.2, 0.25) is 10.0 Å². The average molecular weight is 465 g/mol. The first-order chi connectivity index (χ1) is 13.0. The standard InChI is InChI=1S/C19H17BrN2O3S2/c1-25-15-6-2-13(3-7-15)19-21-17-10-11-22(12-18(17)26-19)27(23,24)16-8-4-14(20)5-9-16/h2-9H,10-12H2,1H3. The lowest BCUT2D eigenvalue weighted by molar-refractivity contribution is 0.393. The predicted molar refractivity (Wildman–Crippen MR) is 110 cm³/mol. The van der Waals surface area contributed by atoms with Crippen molar-refractivity contribution in [1.82, 2.24) is 9.29 Å². The number of thiazole rings is 1. The molecule has 1 aliphatic heterocycles. The summed E-state index contributed by atoms with van der Waals surface area (Å²) >= 11 is 4.89. The monoisotopic (exact) mass is 464 g/mol. The Morgan fingerprint density at radius 2 is 1.81 bits per heavy atom. The second-order valence-corrected chi connectivity index (χ2v) is 10.1. The van der Waals surface area contributed by atoms with Crippen LogP contribution in [0.5, 0.6) is 5.75 Å². The lowest BCUT2D eigenvalue weighted by atomic mass is 10.2. The zero-order valence-corrected chi connectivity index (χ0v) is 17.8. The van der Waals surface area contributed by atoms with Gasteiger partial charge in [0.1, 0.15) is 10.8 Å². The van der Waals surface area contributed by atoms with Crippen molar-refractivity contribution in [3.63, 3.8) is 0 Å². The number of halogens is 1. The molecule has 0 atom stereocenters. The van der Waals surface area contributed by atoms with Gasteiger partial charge in [-0.2, -0.15) is 4.31 Å². The van der Waals surface area contributed by atoms with E-state index < -0.39 is 10.0 Å². The van der Waals surface area contributed by atoms with Gasteiger partial charge < -0.3 is 4.74 Å². The molecule has 0 aliphatic carbocycles. The first-order valence-electron chi connectivity index (χ1n) is 8.36. The number of fused-ring (bicyclic) bond motifs is 1. The van der Waals surface area contributed by atoms with Crippen LogP contribution in [-0.4, -0.2) is 31.4 Å². The van der Waals surface area contributed by atoms with Gasteiger partial charge in [-0.25, -0.2) is 13.4 Å². The number of hydrogen-bond acceptors (Lipinski definition) is 5. The third-order valence-electron chi connectivity index (χ3n) is 4.48. The number of benzene rings is 2. The summed E-state index contributed by atoms with van der Waals surface area (Å²) in [6.45, 7) is 0.804. The van der Waals surface area contributed by atoms with Crippen LogP contribution in [0.1, 0.15) is 10.6 Å². The molecule has 140 valence electrons. The molecule has 27 heavy (non-hydrogen) atoms. The van der Waals surface area contributed by atoms with Gasteiger partial charge in [-0.1, -0.05) is 15.9 Å². The molecule has 0 bridgehead atoms. The highest BCUT2D eigenvalue weighted by Crippen LogP contribution is 2.34. The molecule has 0 amide bonds. The molecule has 0 unspecified atom stereocenters. The number of ether oxygens (including phenoxy) is 1. The van der Waals surface area contributed by atoms with Crippen molar-refractivity contribution in [2.75, 3.05) is 13.7 Å². The normalized spacial score (nSPS) is 14.7. The van der Waals surface area contributed by atoms with Gasteiger partial charge in [-0.3, -0.25) is 0 Å². The predicted octanol–water partition coefficient (Wildman–Crippen LogP) is 4.33. The molecular weight excluding hydrogens is 448 g/mol. The molecule has 0 radical (unpaired) electrons. The van der Waals surface area contributed by atoms with E-state index in [9.17, 15) is 8.42 Å². The van der Waals surface area contributed by atoms with Crippen LogP contribution in [0.2, 0.25) is 0 Å². The molecule has 8 heteroatoms. The van der Waals surface area contributed by atoms with Crippen LogP contribution in [0.3, 0.4) is 0 Å². The van der Waals surface area contributed by atoms with E-state index >= 15 is 0 Å². The number of methoxy groups -OCH3 is 1. The van der Waals surface area contributed by atoms with Gasteiger partial charge in [0.25, 0.3) is 0 Å². The Kier molecular flexibility index (Phi) is 5.07. The SMILES string of the molecule is COc1ccc(-c2nc3c(s2)CN(S(=O)(=O)c2ccc(Br)cc2)CC3)cc1. The van der Waals surface area contributed by atoms with Gasteiger partial charge in [0.15, 0.2) is 0 Å². The van der Waals surface area contributed by atoms with Crippen LogP contribution in [0.4, 0.5) is 0 Å². The van der Waals surface area contributed by atoms with Gasteiger partial charge in [-0.15, -0.1) is 11.3 Å². The lowest BCUT2D eigenvalue weighted by Gasteiger charge is -2.25. The third-order valence-corrected chi connectivity index (χ3v) is 8.00. The van der Waals surface area contributed by atoms with E-state index in [1.54, 1.807) is 42.7 Å². The molecule has 4 rings (SSSR count). The fraction of sp³-hybridized carbons (Fsp3) is 0.211. The van der Waals surface area contributed by atoms with E-state index in [1.165, 1.54) is 4.31 Å². The molecule has 3 aromatic rings. The first-order valence-corrected chi connectivity index (χ1v) is 11.4. The maximum atomic E-state index is 12.9. The quantitative estimate of drug-likeness (QED) is 0.576. The summed E-state index contributed by atoms with van der Waals surface area (Å²) in [5, 5.41) is 0.908. The fourth-order valence-corrected chi connectivity index (χ4v) is 5.87. The van der Waals surface area contributed by atoms with Gasteiger partial charge in [-0.05, 0) is 48.5 Å². The summed E-state index contributed by atoms with van der Waals surface area (Å²) in [6.07, 6.45) is 0.623. The van der Waals surface area contributed by atoms with E-state index in [4.69, 9.17) is 9.72 Å². The summed E-state index contributed by atoms with van der Waals surface area (Å²) < 4.78 is 33.5. The first kappa shape index (κ1) is 18.6. The van der Waals surface area contributed by atoms with Crippen LogP contribution in [0.25, 0.3) is 10.6 Å². The van der Waals surface area contributed by atoms with Crippen LogP contribution >= 0.6 is 27.3 Å². The molecule has 0 saturated carbocycles. The Labute approximate surface area is 170 Å². The average Bonchev–Trinajstić information content (AvgIpc) is 3.12. The highest BCUT2D eigenvalue weighted by Gasteiger charge is 2.30. The molecule has 2 aromatic carbocycles. The van der Waals surface area contributed by atoms with Crippen molar-refractivity contribution in [1.29, 1.82) is 0 Å². The number of sulfonamides is 1. The maximum absolute atomic E-state index is 12.9. The third kappa shape index (κ3) is 3.67. The lowest BCUT2D eigenvalue weighted by Crippen LogP contribution is -2.35. The van der Waals surface area contributed by atoms with Gasteiger partial charge in [0.05, 0.1) is 24.2 Å². The second-order valence-electron chi connectivity index (χ2n) is 6.16. The topological polar surface area (TPSA) is 59.5 Å². The summed E-state index contributed by atoms with van der Waals surface area (Å²) in [5.74, 6) is 0.798. The molecule has 1 aliphatic rings. The van der Waals surface area contributed by atoms with Crippen molar-refractivity contribution >= 4 is 37.3 Å². The Bertz CT molecular complexity index is 1060. The van der Waals surface area contributed by atoms with Gasteiger partial charge >= 0.3 is 0 Å². The van der Waals surface area contributed by atoms with Crippen molar-refractivity contribution < 1.29 is 13.2 Å². The summed E-state index contributed by atoms with van der Waals surface area (Å²) in [6, 6.07) is 14.5. The molecule has 0 spiro atoms. The fourth-order valence-electron chi connectivity index (χ4n) is 2.99. The van der Waals surface area contributed by atoms with E-state index in [0.717, 1.165) is 31.4 Å². The molecule has 0 N–H and O–H groups in total. The van der Waals surface area contributed by atoms with E-state index in [1.807, 2.05) is 24.3 Å². The van der Waals surface area contributed by atoms with E-state index in [2.05, 4.69) is 15.9 Å². The Morgan fingerprint density at radius 1 is 1.11 bits per heavy atom. The van der Waals surface area contributed by atoms with Crippen molar-refractivity contribution in [2.24, 2.45) is 0 Å². The van der Waals surface area contributed by atoms with Crippen LogP contribution in [-0.2, 0) is 23.0 Å². The Balaban J connectivity index is 1.59. The molecule has 1 aromatic heterocycles. The van der Waals surface area contributed by atoms with Crippen LogP contribution in [0.15, 0.2) is 57.9 Å².